The standard InChI is InChI=1S/C15H13N3OS2/c1-9-7-11(12-5-3-10(2)16-17-12)4-6-13(9)18-14(19)8-21-15(18)20/h3-7,16H,2,8H2,1H3. The number of hydrogen-bond acceptors (Lipinski definition) is 5. The molecule has 0 radical (unpaired) electrons. The van der Waals surface area contributed by atoms with Crippen molar-refractivity contribution in [1.29, 1.82) is 0 Å². The van der Waals surface area contributed by atoms with Crippen molar-refractivity contribution in [3.05, 3.63) is 53.8 Å². The number of hydrazone groups is 1. The molecule has 2 heterocycles. The molecular formula is C15H13N3OS2. The van der Waals surface area contributed by atoms with E-state index in [1.54, 1.807) is 4.90 Å². The van der Waals surface area contributed by atoms with Crippen LogP contribution in [0.5, 0.6) is 0 Å². The van der Waals surface area contributed by atoms with Crippen LogP contribution in [0.15, 0.2) is 47.7 Å². The van der Waals surface area contributed by atoms with Crippen LogP contribution in [0.1, 0.15) is 11.1 Å². The molecule has 0 unspecified atom stereocenters. The maximum Gasteiger partial charge on any atom is 0.243 e. The number of benzene rings is 1. The smallest absolute Gasteiger partial charge is 0.243 e. The summed E-state index contributed by atoms with van der Waals surface area (Å²) < 4.78 is 0.615. The first-order valence-corrected chi connectivity index (χ1v) is 7.77. The van der Waals surface area contributed by atoms with Gasteiger partial charge in [0.15, 0.2) is 0 Å². The Morgan fingerprint density at radius 1 is 1.43 bits per heavy atom. The quantitative estimate of drug-likeness (QED) is 0.852. The first-order chi connectivity index (χ1) is 10.1. The molecule has 0 bridgehead atoms. The van der Waals surface area contributed by atoms with E-state index in [4.69, 9.17) is 12.2 Å². The molecule has 1 aromatic carbocycles. The molecule has 0 aromatic heterocycles. The van der Waals surface area contributed by atoms with Gasteiger partial charge in [0, 0.05) is 11.3 Å². The maximum atomic E-state index is 11.9. The summed E-state index contributed by atoms with van der Waals surface area (Å²) in [6.07, 6.45) is 3.79. The van der Waals surface area contributed by atoms with Crippen molar-refractivity contribution in [3.8, 4) is 0 Å². The summed E-state index contributed by atoms with van der Waals surface area (Å²) in [5.41, 5.74) is 7.27. The summed E-state index contributed by atoms with van der Waals surface area (Å²) >= 11 is 6.65. The Labute approximate surface area is 132 Å². The number of rotatable bonds is 2. The molecule has 6 heteroatoms. The summed E-state index contributed by atoms with van der Waals surface area (Å²) in [5, 5.41) is 4.25. The van der Waals surface area contributed by atoms with Crippen molar-refractivity contribution in [2.45, 2.75) is 6.92 Å². The number of amides is 1. The highest BCUT2D eigenvalue weighted by Gasteiger charge is 2.29. The van der Waals surface area contributed by atoms with E-state index in [-0.39, 0.29) is 5.91 Å². The average Bonchev–Trinajstić information content (AvgIpc) is 2.79. The first-order valence-electron chi connectivity index (χ1n) is 6.37. The van der Waals surface area contributed by atoms with Crippen LogP contribution in [0.3, 0.4) is 0 Å². The second kappa shape index (κ2) is 5.46. The molecule has 21 heavy (non-hydrogen) atoms. The fourth-order valence-corrected chi connectivity index (χ4v) is 3.28. The number of allylic oxidation sites excluding steroid dienone is 2. The predicted octanol–water partition coefficient (Wildman–Crippen LogP) is 2.74. The number of anilines is 1. The van der Waals surface area contributed by atoms with E-state index in [1.807, 2.05) is 37.3 Å². The minimum absolute atomic E-state index is 0.0359. The van der Waals surface area contributed by atoms with Gasteiger partial charge in [-0.25, -0.2) is 0 Å². The monoisotopic (exact) mass is 315 g/mol. The molecule has 1 saturated heterocycles. The molecule has 1 N–H and O–H groups in total. The number of carbonyl (C=O) groups excluding carboxylic acids is 1. The number of nitrogens with zero attached hydrogens (tertiary/aromatic N) is 2. The van der Waals surface area contributed by atoms with E-state index in [0.29, 0.717) is 10.1 Å². The molecular weight excluding hydrogens is 302 g/mol. The third kappa shape index (κ3) is 2.64. The van der Waals surface area contributed by atoms with Crippen LogP contribution in [0.4, 0.5) is 5.69 Å². The molecule has 4 nitrogen and oxygen atoms in total. The maximum absolute atomic E-state index is 11.9. The molecule has 106 valence electrons. The predicted molar refractivity (Wildman–Crippen MR) is 91.7 cm³/mol. The van der Waals surface area contributed by atoms with E-state index in [1.165, 1.54) is 11.8 Å². The Morgan fingerprint density at radius 3 is 2.81 bits per heavy atom. The van der Waals surface area contributed by atoms with Gasteiger partial charge in [0.25, 0.3) is 0 Å². The molecule has 1 aromatic rings. The number of thioether (sulfide) groups is 1. The van der Waals surface area contributed by atoms with Crippen LogP contribution < -0.4 is 10.3 Å². The van der Waals surface area contributed by atoms with Crippen molar-refractivity contribution in [1.82, 2.24) is 5.43 Å². The summed E-state index contributed by atoms with van der Waals surface area (Å²) in [7, 11) is 0. The zero-order chi connectivity index (χ0) is 15.0. The van der Waals surface area contributed by atoms with Crippen LogP contribution in [-0.2, 0) is 4.79 Å². The van der Waals surface area contributed by atoms with Crippen LogP contribution >= 0.6 is 24.0 Å². The summed E-state index contributed by atoms with van der Waals surface area (Å²) in [4.78, 5) is 13.5. The fraction of sp³-hybridized carbons (Fsp3) is 0.133. The van der Waals surface area contributed by atoms with E-state index in [0.717, 1.165) is 28.2 Å². The minimum Gasteiger partial charge on any atom is -0.279 e. The highest BCUT2D eigenvalue weighted by molar-refractivity contribution is 8.24. The largest absolute Gasteiger partial charge is 0.279 e. The molecule has 1 fully saturated rings. The van der Waals surface area contributed by atoms with Crippen LogP contribution in [0.2, 0.25) is 0 Å². The van der Waals surface area contributed by atoms with Gasteiger partial charge in [-0.3, -0.25) is 15.1 Å². The number of thiocarbonyl (C=S) groups is 1. The topological polar surface area (TPSA) is 44.7 Å². The summed E-state index contributed by atoms with van der Waals surface area (Å²) in [5.74, 6) is 0.454. The van der Waals surface area contributed by atoms with Crippen LogP contribution in [0, 0.1) is 6.92 Å². The first kappa shape index (κ1) is 14.0. The van der Waals surface area contributed by atoms with Gasteiger partial charge in [-0.15, -0.1) is 0 Å². The lowest BCUT2D eigenvalue weighted by Crippen LogP contribution is -2.28. The molecule has 2 aliphatic heterocycles. The van der Waals surface area contributed by atoms with Gasteiger partial charge >= 0.3 is 0 Å². The molecule has 0 aliphatic carbocycles. The fourth-order valence-electron chi connectivity index (χ4n) is 2.20. The Kier molecular flexibility index (Phi) is 3.65. The third-order valence-corrected chi connectivity index (χ3v) is 4.60. The highest BCUT2D eigenvalue weighted by atomic mass is 32.2. The summed E-state index contributed by atoms with van der Waals surface area (Å²) in [6.45, 7) is 5.75. The van der Waals surface area contributed by atoms with Gasteiger partial charge in [0.1, 0.15) is 4.32 Å². The number of aryl methyl sites for hydroxylation is 1. The lowest BCUT2D eigenvalue weighted by atomic mass is 10.0. The van der Waals surface area contributed by atoms with Gasteiger partial charge in [-0.2, -0.15) is 5.10 Å². The van der Waals surface area contributed by atoms with Crippen molar-refractivity contribution in [3.63, 3.8) is 0 Å². The lowest BCUT2D eigenvalue weighted by Gasteiger charge is -2.18. The van der Waals surface area contributed by atoms with Gasteiger partial charge in [-0.1, -0.05) is 36.6 Å². The molecule has 1 amide bonds. The van der Waals surface area contributed by atoms with Crippen LogP contribution in [0.25, 0.3) is 0 Å². The van der Waals surface area contributed by atoms with Gasteiger partial charge in [-0.05, 0) is 36.8 Å². The van der Waals surface area contributed by atoms with Crippen molar-refractivity contribution < 1.29 is 4.79 Å². The third-order valence-electron chi connectivity index (χ3n) is 3.25. The summed E-state index contributed by atoms with van der Waals surface area (Å²) in [6, 6.07) is 5.87. The Balaban J connectivity index is 1.94. The van der Waals surface area contributed by atoms with Crippen molar-refractivity contribution >= 4 is 45.6 Å². The van der Waals surface area contributed by atoms with Crippen LogP contribution in [-0.4, -0.2) is 21.7 Å². The number of hydrogen-bond donors (Lipinski definition) is 1. The van der Waals surface area contributed by atoms with Gasteiger partial charge in [0.05, 0.1) is 17.2 Å². The second-order valence-corrected chi connectivity index (χ2v) is 6.36. The highest BCUT2D eigenvalue weighted by Crippen LogP contribution is 2.30. The Hall–Kier alpha value is -1.92. The van der Waals surface area contributed by atoms with Crippen molar-refractivity contribution in [2.75, 3.05) is 10.7 Å². The molecule has 2 aliphatic rings. The van der Waals surface area contributed by atoms with E-state index < -0.39 is 0 Å². The van der Waals surface area contributed by atoms with E-state index >= 15 is 0 Å². The molecule has 0 atom stereocenters. The van der Waals surface area contributed by atoms with Crippen molar-refractivity contribution in [2.24, 2.45) is 5.10 Å². The molecule has 0 spiro atoms. The number of carbonyl (C=O) groups is 1. The SMILES string of the molecule is C=C1C=CC(c2ccc(N3C(=O)CSC3=S)c(C)c2)=NN1. The molecule has 3 rings (SSSR count). The molecule has 0 saturated carbocycles. The van der Waals surface area contributed by atoms with E-state index in [9.17, 15) is 4.79 Å². The second-order valence-electron chi connectivity index (χ2n) is 4.75. The Bertz CT molecular complexity index is 706. The zero-order valence-electron chi connectivity index (χ0n) is 11.4. The minimum atomic E-state index is 0.0359. The average molecular weight is 315 g/mol. The zero-order valence-corrected chi connectivity index (χ0v) is 13.1. The number of nitrogens with one attached hydrogen (secondary N) is 1. The Morgan fingerprint density at radius 2 is 2.24 bits per heavy atom. The normalized spacial score (nSPS) is 18.0. The van der Waals surface area contributed by atoms with Gasteiger partial charge < -0.3 is 0 Å². The lowest BCUT2D eigenvalue weighted by molar-refractivity contribution is -0.115. The van der Waals surface area contributed by atoms with Gasteiger partial charge in [0.2, 0.25) is 5.91 Å². The van der Waals surface area contributed by atoms with E-state index in [2.05, 4.69) is 17.1 Å².